The Labute approximate surface area is 121 Å². The van der Waals surface area contributed by atoms with Gasteiger partial charge >= 0.3 is 0 Å². The summed E-state index contributed by atoms with van der Waals surface area (Å²) in [4.78, 5) is 14.7. The second-order valence-electron chi connectivity index (χ2n) is 6.27. The Bertz CT molecular complexity index is 503. The largest absolute Gasteiger partial charge is 0.373 e. The smallest absolute Gasteiger partial charge is 0.178 e. The second-order valence-corrected chi connectivity index (χ2v) is 6.27. The molecule has 0 unspecified atom stereocenters. The number of ether oxygens (including phenoxy) is 1. The van der Waals surface area contributed by atoms with Crippen LogP contribution in [0.15, 0.2) is 6.07 Å². The third kappa shape index (κ3) is 3.13. The fourth-order valence-corrected chi connectivity index (χ4v) is 3.11. The van der Waals surface area contributed by atoms with Gasteiger partial charge in [-0.3, -0.25) is 9.69 Å². The number of hydrogen-bond donors (Lipinski definition) is 0. The highest BCUT2D eigenvalue weighted by Gasteiger charge is 2.28. The molecule has 1 aromatic heterocycles. The van der Waals surface area contributed by atoms with Gasteiger partial charge in [0.05, 0.1) is 18.8 Å². The van der Waals surface area contributed by atoms with Crippen LogP contribution in [0.5, 0.6) is 0 Å². The highest BCUT2D eigenvalue weighted by Crippen LogP contribution is 2.19. The molecule has 2 heterocycles. The standard InChI is InChI=1S/C16H26N2O2/c1-6-18-12(2)9-14(13(18)3)15(19)10-17-7-8-20-16(4,5)11-17/h9H,6-8,10-11H2,1-5H3. The molecule has 0 radical (unpaired) electrons. The summed E-state index contributed by atoms with van der Waals surface area (Å²) < 4.78 is 7.88. The van der Waals surface area contributed by atoms with E-state index in [-0.39, 0.29) is 11.4 Å². The summed E-state index contributed by atoms with van der Waals surface area (Å²) in [7, 11) is 0. The van der Waals surface area contributed by atoms with E-state index in [0.29, 0.717) is 13.2 Å². The molecule has 1 aliphatic heterocycles. The molecule has 0 N–H and O–H groups in total. The van der Waals surface area contributed by atoms with E-state index in [2.05, 4.69) is 37.2 Å². The van der Waals surface area contributed by atoms with E-state index in [4.69, 9.17) is 4.74 Å². The van der Waals surface area contributed by atoms with E-state index in [9.17, 15) is 4.79 Å². The van der Waals surface area contributed by atoms with Crippen molar-refractivity contribution in [2.75, 3.05) is 26.2 Å². The van der Waals surface area contributed by atoms with Gasteiger partial charge in [0.25, 0.3) is 0 Å². The lowest BCUT2D eigenvalue weighted by Gasteiger charge is -2.37. The van der Waals surface area contributed by atoms with Gasteiger partial charge in [-0.2, -0.15) is 0 Å². The minimum atomic E-state index is -0.154. The van der Waals surface area contributed by atoms with E-state index in [0.717, 1.165) is 36.6 Å². The molecule has 0 aliphatic carbocycles. The number of rotatable bonds is 4. The van der Waals surface area contributed by atoms with Crippen molar-refractivity contribution < 1.29 is 9.53 Å². The zero-order valence-corrected chi connectivity index (χ0v) is 13.3. The van der Waals surface area contributed by atoms with Crippen LogP contribution in [0.25, 0.3) is 0 Å². The predicted molar refractivity (Wildman–Crippen MR) is 80.4 cm³/mol. The van der Waals surface area contributed by atoms with E-state index in [1.807, 2.05) is 13.0 Å². The van der Waals surface area contributed by atoms with Crippen molar-refractivity contribution in [1.82, 2.24) is 9.47 Å². The van der Waals surface area contributed by atoms with Crippen LogP contribution in [0.4, 0.5) is 0 Å². The number of Topliss-reactive ketones (excluding diaryl/α,β-unsaturated/α-hetero) is 1. The molecular weight excluding hydrogens is 252 g/mol. The quantitative estimate of drug-likeness (QED) is 0.793. The van der Waals surface area contributed by atoms with Crippen LogP contribution in [0.1, 0.15) is 42.5 Å². The Kier molecular flexibility index (Phi) is 4.35. The molecule has 1 aliphatic rings. The third-order valence-electron chi connectivity index (χ3n) is 4.06. The van der Waals surface area contributed by atoms with Gasteiger partial charge in [-0.1, -0.05) is 0 Å². The number of aryl methyl sites for hydroxylation is 1. The third-order valence-corrected chi connectivity index (χ3v) is 4.06. The van der Waals surface area contributed by atoms with Gasteiger partial charge in [0, 0.05) is 36.6 Å². The van der Waals surface area contributed by atoms with Gasteiger partial charge in [-0.25, -0.2) is 0 Å². The molecule has 4 nitrogen and oxygen atoms in total. The lowest BCUT2D eigenvalue weighted by Crippen LogP contribution is -2.49. The molecule has 0 spiro atoms. The van der Waals surface area contributed by atoms with Crippen molar-refractivity contribution >= 4 is 5.78 Å². The van der Waals surface area contributed by atoms with Crippen molar-refractivity contribution in [3.63, 3.8) is 0 Å². The lowest BCUT2D eigenvalue weighted by atomic mass is 10.1. The summed E-state index contributed by atoms with van der Waals surface area (Å²) in [5, 5.41) is 0. The average Bonchev–Trinajstić information content (AvgIpc) is 2.63. The Morgan fingerprint density at radius 2 is 2.10 bits per heavy atom. The van der Waals surface area contributed by atoms with Gasteiger partial charge in [0.1, 0.15) is 0 Å². The fraction of sp³-hybridized carbons (Fsp3) is 0.688. The fourth-order valence-electron chi connectivity index (χ4n) is 3.11. The zero-order valence-electron chi connectivity index (χ0n) is 13.3. The molecular formula is C16H26N2O2. The predicted octanol–water partition coefficient (Wildman–Crippen LogP) is 2.42. The molecule has 1 fully saturated rings. The van der Waals surface area contributed by atoms with Gasteiger partial charge in [0.2, 0.25) is 0 Å². The van der Waals surface area contributed by atoms with Crippen molar-refractivity contribution in [2.45, 2.75) is 46.8 Å². The zero-order chi connectivity index (χ0) is 14.9. The molecule has 2 rings (SSSR count). The molecule has 0 bridgehead atoms. The van der Waals surface area contributed by atoms with Crippen molar-refractivity contribution in [2.24, 2.45) is 0 Å². The summed E-state index contributed by atoms with van der Waals surface area (Å²) in [6, 6.07) is 2.02. The van der Waals surface area contributed by atoms with Crippen LogP contribution in [-0.2, 0) is 11.3 Å². The molecule has 4 heteroatoms. The van der Waals surface area contributed by atoms with Gasteiger partial charge in [-0.05, 0) is 40.7 Å². The molecule has 1 saturated heterocycles. The van der Waals surface area contributed by atoms with Crippen LogP contribution in [0.3, 0.4) is 0 Å². The van der Waals surface area contributed by atoms with E-state index in [1.165, 1.54) is 0 Å². The van der Waals surface area contributed by atoms with Gasteiger partial charge in [0.15, 0.2) is 5.78 Å². The van der Waals surface area contributed by atoms with Crippen LogP contribution >= 0.6 is 0 Å². The number of carbonyl (C=O) groups excluding carboxylic acids is 1. The Balaban J connectivity index is 2.09. The van der Waals surface area contributed by atoms with Crippen molar-refractivity contribution in [3.05, 3.63) is 23.0 Å². The van der Waals surface area contributed by atoms with E-state index < -0.39 is 0 Å². The maximum absolute atomic E-state index is 12.5. The number of morpholine rings is 1. The van der Waals surface area contributed by atoms with Crippen molar-refractivity contribution in [1.29, 1.82) is 0 Å². The van der Waals surface area contributed by atoms with Gasteiger partial charge < -0.3 is 9.30 Å². The normalized spacial score (nSPS) is 19.2. The van der Waals surface area contributed by atoms with Crippen LogP contribution in [-0.4, -0.2) is 47.1 Å². The molecule has 0 saturated carbocycles. The van der Waals surface area contributed by atoms with Gasteiger partial charge in [-0.15, -0.1) is 0 Å². The topological polar surface area (TPSA) is 34.5 Å². The van der Waals surface area contributed by atoms with E-state index in [1.54, 1.807) is 0 Å². The Morgan fingerprint density at radius 1 is 1.40 bits per heavy atom. The minimum absolute atomic E-state index is 0.154. The first kappa shape index (κ1) is 15.3. The number of ketones is 1. The molecule has 0 atom stereocenters. The highest BCUT2D eigenvalue weighted by molar-refractivity contribution is 5.99. The summed E-state index contributed by atoms with van der Waals surface area (Å²) in [6.45, 7) is 14.1. The Morgan fingerprint density at radius 3 is 2.65 bits per heavy atom. The monoisotopic (exact) mass is 278 g/mol. The lowest BCUT2D eigenvalue weighted by molar-refractivity contribution is -0.0833. The average molecular weight is 278 g/mol. The van der Waals surface area contributed by atoms with Crippen LogP contribution < -0.4 is 0 Å². The molecule has 1 aromatic rings. The second kappa shape index (κ2) is 5.70. The SMILES string of the molecule is CCn1c(C)cc(C(=O)CN2CCOC(C)(C)C2)c1C. The highest BCUT2D eigenvalue weighted by atomic mass is 16.5. The maximum Gasteiger partial charge on any atom is 0.178 e. The molecule has 20 heavy (non-hydrogen) atoms. The summed E-state index contributed by atoms with van der Waals surface area (Å²) in [6.07, 6.45) is 0. The first-order chi connectivity index (χ1) is 9.34. The summed E-state index contributed by atoms with van der Waals surface area (Å²) in [5.41, 5.74) is 2.96. The molecule has 112 valence electrons. The number of aromatic nitrogens is 1. The summed E-state index contributed by atoms with van der Waals surface area (Å²) >= 11 is 0. The number of nitrogens with zero attached hydrogens (tertiary/aromatic N) is 2. The Hall–Kier alpha value is -1.13. The molecule has 0 aromatic carbocycles. The number of hydrogen-bond acceptors (Lipinski definition) is 3. The minimum Gasteiger partial charge on any atom is -0.373 e. The maximum atomic E-state index is 12.5. The number of carbonyl (C=O) groups is 1. The molecule has 0 amide bonds. The van der Waals surface area contributed by atoms with Crippen molar-refractivity contribution in [3.8, 4) is 0 Å². The first-order valence-electron chi connectivity index (χ1n) is 7.40. The van der Waals surface area contributed by atoms with Crippen LogP contribution in [0, 0.1) is 13.8 Å². The van der Waals surface area contributed by atoms with E-state index >= 15 is 0 Å². The summed E-state index contributed by atoms with van der Waals surface area (Å²) in [5.74, 6) is 0.218. The first-order valence-corrected chi connectivity index (χ1v) is 7.40. The van der Waals surface area contributed by atoms with Crippen LogP contribution in [0.2, 0.25) is 0 Å².